The summed E-state index contributed by atoms with van der Waals surface area (Å²) in [6.07, 6.45) is 7.49. The summed E-state index contributed by atoms with van der Waals surface area (Å²) in [6.45, 7) is 9.61. The van der Waals surface area contributed by atoms with Crippen LogP contribution in [0.4, 0.5) is 5.95 Å². The van der Waals surface area contributed by atoms with E-state index < -0.39 is 0 Å². The van der Waals surface area contributed by atoms with Crippen molar-refractivity contribution in [3.8, 4) is 0 Å². The molecule has 0 saturated carbocycles. The van der Waals surface area contributed by atoms with Crippen LogP contribution in [-0.2, 0) is 12.0 Å². The van der Waals surface area contributed by atoms with E-state index >= 15 is 0 Å². The number of rotatable bonds is 8. The molecule has 0 radical (unpaired) electrons. The Kier molecular flexibility index (Phi) is 8.19. The van der Waals surface area contributed by atoms with Crippen molar-refractivity contribution in [2.75, 3.05) is 50.7 Å². The standard InChI is InChI=1S/C35H41N5O/c1-2-3-23-40-32-18-11-10-17-31(32)36-34(40)38-22-12-21-37(26-27-38)24-19-35(30-15-8-5-9-16-30)20-25-39(28-35)33(41)29-13-6-4-7-14-29/h2-11,13-18H,12,19-28H2,1H3/b3-2+. The molecular weight excluding hydrogens is 506 g/mol. The van der Waals surface area contributed by atoms with Crippen molar-refractivity contribution < 1.29 is 4.79 Å². The van der Waals surface area contributed by atoms with E-state index in [1.807, 2.05) is 30.3 Å². The van der Waals surface area contributed by atoms with Gasteiger partial charge < -0.3 is 19.3 Å². The second kappa shape index (κ2) is 12.3. The van der Waals surface area contributed by atoms with Crippen LogP contribution in [0, 0.1) is 0 Å². The number of likely N-dealkylation sites (tertiary alicyclic amines) is 1. The minimum Gasteiger partial charge on any atom is -0.341 e. The average Bonchev–Trinajstić information content (AvgIpc) is 3.55. The predicted octanol–water partition coefficient (Wildman–Crippen LogP) is 6.00. The third-order valence-corrected chi connectivity index (χ3v) is 8.98. The van der Waals surface area contributed by atoms with E-state index in [0.717, 1.165) is 88.6 Å². The summed E-state index contributed by atoms with van der Waals surface area (Å²) in [4.78, 5) is 25.6. The number of imidazole rings is 1. The first kappa shape index (κ1) is 27.3. The Labute approximate surface area is 243 Å². The van der Waals surface area contributed by atoms with Crippen molar-refractivity contribution in [1.82, 2.24) is 19.4 Å². The molecule has 1 unspecified atom stereocenters. The lowest BCUT2D eigenvalue weighted by atomic mass is 9.76. The number of fused-ring (bicyclic) bond motifs is 1. The summed E-state index contributed by atoms with van der Waals surface area (Å²) in [5.41, 5.74) is 4.39. The summed E-state index contributed by atoms with van der Waals surface area (Å²) >= 11 is 0. The van der Waals surface area contributed by atoms with E-state index in [2.05, 4.69) is 92.9 Å². The van der Waals surface area contributed by atoms with Gasteiger partial charge in [0, 0.05) is 50.2 Å². The first-order valence-corrected chi connectivity index (χ1v) is 15.1. The summed E-state index contributed by atoms with van der Waals surface area (Å²) in [7, 11) is 0. The number of nitrogens with zero attached hydrogens (tertiary/aromatic N) is 5. The maximum atomic E-state index is 13.3. The van der Waals surface area contributed by atoms with Crippen molar-refractivity contribution >= 4 is 22.9 Å². The molecule has 2 fully saturated rings. The molecule has 1 atom stereocenters. The zero-order chi connectivity index (χ0) is 28.1. The highest BCUT2D eigenvalue weighted by Crippen LogP contribution is 2.38. The van der Waals surface area contributed by atoms with Crippen LogP contribution >= 0.6 is 0 Å². The van der Waals surface area contributed by atoms with Crippen LogP contribution in [-0.4, -0.2) is 71.1 Å². The number of amides is 1. The van der Waals surface area contributed by atoms with Crippen LogP contribution in [0.2, 0.25) is 0 Å². The number of benzene rings is 3. The lowest BCUT2D eigenvalue weighted by molar-refractivity contribution is 0.0781. The average molecular weight is 548 g/mol. The van der Waals surface area contributed by atoms with Gasteiger partial charge in [-0.3, -0.25) is 4.79 Å². The van der Waals surface area contributed by atoms with Gasteiger partial charge in [-0.05, 0) is 69.1 Å². The number of para-hydroxylation sites is 2. The molecular formula is C35H41N5O. The minimum atomic E-state index is -0.0157. The van der Waals surface area contributed by atoms with Crippen LogP contribution in [0.25, 0.3) is 11.0 Å². The first-order chi connectivity index (χ1) is 20.2. The fraction of sp³-hybridized carbons (Fsp3) is 0.371. The third kappa shape index (κ3) is 5.80. The molecule has 3 aromatic carbocycles. The summed E-state index contributed by atoms with van der Waals surface area (Å²) in [5, 5.41) is 0. The number of allylic oxidation sites excluding steroid dienone is 2. The molecule has 2 saturated heterocycles. The van der Waals surface area contributed by atoms with E-state index in [0.29, 0.717) is 0 Å². The monoisotopic (exact) mass is 547 g/mol. The molecule has 2 aliphatic rings. The van der Waals surface area contributed by atoms with Crippen molar-refractivity contribution in [2.45, 2.75) is 38.1 Å². The Hall–Kier alpha value is -3.90. The molecule has 0 N–H and O–H groups in total. The first-order valence-electron chi connectivity index (χ1n) is 15.1. The quantitative estimate of drug-likeness (QED) is 0.254. The Morgan fingerprint density at radius 2 is 1.63 bits per heavy atom. The second-order valence-corrected chi connectivity index (χ2v) is 11.5. The van der Waals surface area contributed by atoms with Crippen LogP contribution in [0.3, 0.4) is 0 Å². The van der Waals surface area contributed by atoms with Gasteiger partial charge in [0.15, 0.2) is 0 Å². The minimum absolute atomic E-state index is 0.0157. The van der Waals surface area contributed by atoms with Crippen molar-refractivity contribution in [3.63, 3.8) is 0 Å². The lowest BCUT2D eigenvalue weighted by Gasteiger charge is -2.33. The van der Waals surface area contributed by atoms with E-state index in [9.17, 15) is 4.79 Å². The molecule has 0 aliphatic carbocycles. The molecule has 6 heteroatoms. The zero-order valence-electron chi connectivity index (χ0n) is 24.2. The molecule has 3 heterocycles. The lowest BCUT2D eigenvalue weighted by Crippen LogP contribution is -2.39. The Morgan fingerprint density at radius 1 is 0.878 bits per heavy atom. The van der Waals surface area contributed by atoms with E-state index in [1.165, 1.54) is 11.1 Å². The summed E-state index contributed by atoms with van der Waals surface area (Å²) in [6, 6.07) is 29.1. The smallest absolute Gasteiger partial charge is 0.253 e. The van der Waals surface area contributed by atoms with Crippen LogP contribution < -0.4 is 4.90 Å². The number of anilines is 1. The second-order valence-electron chi connectivity index (χ2n) is 11.5. The topological polar surface area (TPSA) is 44.6 Å². The number of carbonyl (C=O) groups is 1. The predicted molar refractivity (Wildman–Crippen MR) is 168 cm³/mol. The van der Waals surface area contributed by atoms with Gasteiger partial charge in [-0.2, -0.15) is 0 Å². The highest BCUT2D eigenvalue weighted by atomic mass is 16.2. The highest BCUT2D eigenvalue weighted by Gasteiger charge is 2.41. The molecule has 0 spiro atoms. The fourth-order valence-electron chi connectivity index (χ4n) is 6.65. The van der Waals surface area contributed by atoms with Gasteiger partial charge in [0.25, 0.3) is 5.91 Å². The molecule has 6 rings (SSSR count). The van der Waals surface area contributed by atoms with E-state index in [1.54, 1.807) is 0 Å². The van der Waals surface area contributed by atoms with Crippen molar-refractivity contribution in [2.24, 2.45) is 0 Å². The van der Waals surface area contributed by atoms with Crippen molar-refractivity contribution in [1.29, 1.82) is 0 Å². The van der Waals surface area contributed by atoms with Crippen molar-refractivity contribution in [3.05, 3.63) is 108 Å². The van der Waals surface area contributed by atoms with E-state index in [-0.39, 0.29) is 11.3 Å². The molecule has 1 aromatic heterocycles. The largest absolute Gasteiger partial charge is 0.341 e. The molecule has 2 aliphatic heterocycles. The van der Waals surface area contributed by atoms with Crippen LogP contribution in [0.5, 0.6) is 0 Å². The highest BCUT2D eigenvalue weighted by molar-refractivity contribution is 5.94. The van der Waals surface area contributed by atoms with Gasteiger partial charge in [0.2, 0.25) is 5.95 Å². The number of aromatic nitrogens is 2. The normalized spacial score (nSPS) is 20.2. The maximum absolute atomic E-state index is 13.3. The molecule has 6 nitrogen and oxygen atoms in total. The molecule has 41 heavy (non-hydrogen) atoms. The van der Waals surface area contributed by atoms with E-state index in [4.69, 9.17) is 4.98 Å². The third-order valence-electron chi connectivity index (χ3n) is 8.98. The van der Waals surface area contributed by atoms with Gasteiger partial charge in [0.1, 0.15) is 0 Å². The summed E-state index contributed by atoms with van der Waals surface area (Å²) < 4.78 is 2.35. The Bertz CT molecular complexity index is 1480. The fourth-order valence-corrected chi connectivity index (χ4v) is 6.65. The summed E-state index contributed by atoms with van der Waals surface area (Å²) in [5.74, 6) is 1.23. The number of hydrogen-bond donors (Lipinski definition) is 0. The Balaban J connectivity index is 1.16. The van der Waals surface area contributed by atoms with Crippen LogP contribution in [0.15, 0.2) is 97.1 Å². The van der Waals surface area contributed by atoms with Gasteiger partial charge in [-0.1, -0.05) is 72.8 Å². The molecule has 212 valence electrons. The van der Waals surface area contributed by atoms with Gasteiger partial charge in [0.05, 0.1) is 11.0 Å². The number of carbonyl (C=O) groups excluding carboxylic acids is 1. The number of hydrogen-bond acceptors (Lipinski definition) is 4. The molecule has 4 aromatic rings. The molecule has 0 bridgehead atoms. The Morgan fingerprint density at radius 3 is 2.44 bits per heavy atom. The zero-order valence-corrected chi connectivity index (χ0v) is 24.2. The van der Waals surface area contributed by atoms with Crippen LogP contribution in [0.1, 0.15) is 42.1 Å². The SMILES string of the molecule is C/C=C/Cn1c(N2CCCN(CCC3(c4ccccc4)CCN(C(=O)c4ccccc4)C3)CC2)nc2ccccc21. The van der Waals surface area contributed by atoms with Gasteiger partial charge in [-0.25, -0.2) is 4.98 Å². The van der Waals surface area contributed by atoms with Gasteiger partial charge >= 0.3 is 0 Å². The maximum Gasteiger partial charge on any atom is 0.253 e. The molecule has 1 amide bonds. The van der Waals surface area contributed by atoms with Gasteiger partial charge in [-0.15, -0.1) is 0 Å².